The van der Waals surface area contributed by atoms with Crippen LogP contribution in [0, 0.1) is 0 Å². The molecular formula is C14H12O3. The van der Waals surface area contributed by atoms with Crippen molar-refractivity contribution in [1.82, 2.24) is 0 Å². The standard InChI is InChI=1S/C8H6O2.C6H6O/c9-8-7-4-2-1-3-6(7)5-10-8;7-6-4-2-1-3-5-6/h1-4H,5H2;1-5,7H. The van der Waals surface area contributed by atoms with Crippen molar-refractivity contribution < 1.29 is 14.6 Å². The second kappa shape index (κ2) is 5.16. The lowest BCUT2D eigenvalue weighted by atomic mass is 10.1. The molecule has 1 aliphatic rings. The average Bonchev–Trinajstić information content (AvgIpc) is 2.74. The molecule has 3 rings (SSSR count). The topological polar surface area (TPSA) is 46.5 Å². The van der Waals surface area contributed by atoms with Gasteiger partial charge in [0.25, 0.3) is 0 Å². The molecule has 0 aliphatic carbocycles. The van der Waals surface area contributed by atoms with Gasteiger partial charge in [-0.15, -0.1) is 0 Å². The largest absolute Gasteiger partial charge is 0.508 e. The van der Waals surface area contributed by atoms with Crippen LogP contribution >= 0.6 is 0 Å². The van der Waals surface area contributed by atoms with Gasteiger partial charge in [-0.2, -0.15) is 0 Å². The van der Waals surface area contributed by atoms with Crippen molar-refractivity contribution in [3.8, 4) is 5.75 Å². The van der Waals surface area contributed by atoms with Crippen LogP contribution in [0.3, 0.4) is 0 Å². The molecule has 0 radical (unpaired) electrons. The van der Waals surface area contributed by atoms with E-state index in [1.165, 1.54) is 0 Å². The molecule has 0 saturated carbocycles. The molecule has 0 atom stereocenters. The van der Waals surface area contributed by atoms with E-state index >= 15 is 0 Å². The summed E-state index contributed by atoms with van der Waals surface area (Å²) >= 11 is 0. The van der Waals surface area contributed by atoms with E-state index in [1.54, 1.807) is 30.3 Å². The third-order valence-electron chi connectivity index (χ3n) is 2.35. The number of carbonyl (C=O) groups is 1. The summed E-state index contributed by atoms with van der Waals surface area (Å²) in [5.41, 5.74) is 1.70. The highest BCUT2D eigenvalue weighted by molar-refractivity contribution is 5.93. The molecule has 1 aliphatic heterocycles. The molecule has 17 heavy (non-hydrogen) atoms. The van der Waals surface area contributed by atoms with Gasteiger partial charge in [0.15, 0.2) is 0 Å². The highest BCUT2D eigenvalue weighted by Gasteiger charge is 2.18. The first-order valence-electron chi connectivity index (χ1n) is 5.26. The Morgan fingerprint density at radius 1 is 0.941 bits per heavy atom. The Morgan fingerprint density at radius 3 is 2.18 bits per heavy atom. The van der Waals surface area contributed by atoms with Crippen LogP contribution in [0.25, 0.3) is 0 Å². The highest BCUT2D eigenvalue weighted by Crippen LogP contribution is 2.18. The molecule has 0 unspecified atom stereocenters. The van der Waals surface area contributed by atoms with Crippen LogP contribution in [0.2, 0.25) is 0 Å². The fraction of sp³-hybridized carbons (Fsp3) is 0.0714. The summed E-state index contributed by atoms with van der Waals surface area (Å²) in [5, 5.41) is 8.63. The summed E-state index contributed by atoms with van der Waals surface area (Å²) < 4.78 is 4.78. The molecule has 2 aromatic rings. The zero-order valence-corrected chi connectivity index (χ0v) is 9.17. The molecule has 0 fully saturated rings. The molecule has 2 aromatic carbocycles. The van der Waals surface area contributed by atoms with Gasteiger partial charge in [0, 0.05) is 5.56 Å². The van der Waals surface area contributed by atoms with Gasteiger partial charge in [-0.1, -0.05) is 36.4 Å². The van der Waals surface area contributed by atoms with Crippen molar-refractivity contribution >= 4 is 5.97 Å². The van der Waals surface area contributed by atoms with Gasteiger partial charge in [-0.3, -0.25) is 0 Å². The number of benzene rings is 2. The normalized spacial score (nSPS) is 12.1. The van der Waals surface area contributed by atoms with Crippen molar-refractivity contribution in [1.29, 1.82) is 0 Å². The fourth-order valence-corrected chi connectivity index (χ4v) is 1.49. The zero-order valence-electron chi connectivity index (χ0n) is 9.17. The fourth-order valence-electron chi connectivity index (χ4n) is 1.49. The predicted octanol–water partition coefficient (Wildman–Crippen LogP) is 2.75. The lowest BCUT2D eigenvalue weighted by Gasteiger charge is -1.87. The number of aromatic hydroxyl groups is 1. The Morgan fingerprint density at radius 2 is 1.59 bits per heavy atom. The quantitative estimate of drug-likeness (QED) is 0.705. The van der Waals surface area contributed by atoms with Gasteiger partial charge in [-0.05, 0) is 18.2 Å². The first-order valence-corrected chi connectivity index (χ1v) is 5.26. The lowest BCUT2D eigenvalue weighted by Crippen LogP contribution is -1.91. The van der Waals surface area contributed by atoms with E-state index in [0.717, 1.165) is 5.56 Å². The lowest BCUT2D eigenvalue weighted by molar-refractivity contribution is 0.0535. The van der Waals surface area contributed by atoms with E-state index < -0.39 is 0 Å². The number of rotatable bonds is 0. The number of ether oxygens (including phenoxy) is 1. The van der Waals surface area contributed by atoms with Gasteiger partial charge in [0.05, 0.1) is 5.56 Å². The second-order valence-electron chi connectivity index (χ2n) is 3.57. The van der Waals surface area contributed by atoms with E-state index in [4.69, 9.17) is 9.84 Å². The number of hydrogen-bond acceptors (Lipinski definition) is 3. The van der Waals surface area contributed by atoms with E-state index in [-0.39, 0.29) is 5.97 Å². The van der Waals surface area contributed by atoms with Crippen molar-refractivity contribution in [2.75, 3.05) is 0 Å². The Balaban J connectivity index is 0.000000136. The highest BCUT2D eigenvalue weighted by atomic mass is 16.5. The molecule has 0 spiro atoms. The van der Waals surface area contributed by atoms with E-state index in [2.05, 4.69) is 0 Å². The first-order chi connectivity index (χ1) is 8.27. The molecule has 1 heterocycles. The van der Waals surface area contributed by atoms with Crippen molar-refractivity contribution in [2.24, 2.45) is 0 Å². The maximum Gasteiger partial charge on any atom is 0.338 e. The number of cyclic esters (lactones) is 1. The van der Waals surface area contributed by atoms with Gasteiger partial charge in [0.2, 0.25) is 0 Å². The number of fused-ring (bicyclic) bond motifs is 1. The van der Waals surface area contributed by atoms with Crippen molar-refractivity contribution in [2.45, 2.75) is 6.61 Å². The average molecular weight is 228 g/mol. The minimum atomic E-state index is -0.199. The molecule has 3 nitrogen and oxygen atoms in total. The zero-order chi connectivity index (χ0) is 12.1. The van der Waals surface area contributed by atoms with Crippen LogP contribution < -0.4 is 0 Å². The monoisotopic (exact) mass is 228 g/mol. The smallest absolute Gasteiger partial charge is 0.338 e. The summed E-state index contributed by atoms with van der Waals surface area (Å²) in [6.45, 7) is 0.439. The van der Waals surface area contributed by atoms with E-state index in [1.807, 2.05) is 24.3 Å². The molecule has 0 bridgehead atoms. The number of phenols is 1. The number of para-hydroxylation sites is 1. The second-order valence-corrected chi connectivity index (χ2v) is 3.57. The van der Waals surface area contributed by atoms with Crippen LogP contribution in [0.1, 0.15) is 15.9 Å². The molecular weight excluding hydrogens is 216 g/mol. The number of hydrogen-bond donors (Lipinski definition) is 1. The van der Waals surface area contributed by atoms with Crippen LogP contribution in [0.15, 0.2) is 54.6 Å². The van der Waals surface area contributed by atoms with Crippen molar-refractivity contribution in [3.05, 3.63) is 65.7 Å². The maximum absolute atomic E-state index is 10.8. The third-order valence-corrected chi connectivity index (χ3v) is 2.35. The van der Waals surface area contributed by atoms with Gasteiger partial charge in [-0.25, -0.2) is 4.79 Å². The van der Waals surface area contributed by atoms with Gasteiger partial charge < -0.3 is 9.84 Å². The summed E-state index contributed by atoms with van der Waals surface area (Å²) in [6.07, 6.45) is 0. The SMILES string of the molecule is O=C1OCc2ccccc21.Oc1ccccc1. The molecule has 0 saturated heterocycles. The number of phenolic OH excluding ortho intramolecular Hbond substituents is 1. The Bertz CT molecular complexity index is 506. The Hall–Kier alpha value is -2.29. The van der Waals surface area contributed by atoms with Crippen LogP contribution in [0.5, 0.6) is 5.75 Å². The van der Waals surface area contributed by atoms with E-state index in [0.29, 0.717) is 17.9 Å². The van der Waals surface area contributed by atoms with Gasteiger partial charge in [0.1, 0.15) is 12.4 Å². The first kappa shape index (κ1) is 11.2. The molecule has 0 amide bonds. The van der Waals surface area contributed by atoms with Crippen LogP contribution in [-0.2, 0) is 11.3 Å². The van der Waals surface area contributed by atoms with Crippen LogP contribution in [0.4, 0.5) is 0 Å². The van der Waals surface area contributed by atoms with Crippen molar-refractivity contribution in [3.63, 3.8) is 0 Å². The molecule has 0 aromatic heterocycles. The Kier molecular flexibility index (Phi) is 3.40. The predicted molar refractivity (Wildman–Crippen MR) is 63.7 cm³/mol. The number of carbonyl (C=O) groups excluding carboxylic acids is 1. The van der Waals surface area contributed by atoms with Crippen LogP contribution in [-0.4, -0.2) is 11.1 Å². The minimum Gasteiger partial charge on any atom is -0.508 e. The summed E-state index contributed by atoms with van der Waals surface area (Å²) in [4.78, 5) is 10.8. The number of esters is 1. The summed E-state index contributed by atoms with van der Waals surface area (Å²) in [6, 6.07) is 16.1. The molecule has 86 valence electrons. The summed E-state index contributed by atoms with van der Waals surface area (Å²) in [5.74, 6) is 0.123. The molecule has 1 N–H and O–H groups in total. The Labute approximate surface area is 99.3 Å². The van der Waals surface area contributed by atoms with E-state index in [9.17, 15) is 4.79 Å². The minimum absolute atomic E-state index is 0.199. The summed E-state index contributed by atoms with van der Waals surface area (Å²) in [7, 11) is 0. The third kappa shape index (κ3) is 2.84. The maximum atomic E-state index is 10.8. The molecule has 3 heteroatoms. The van der Waals surface area contributed by atoms with Gasteiger partial charge >= 0.3 is 5.97 Å².